The number of nitrogens with one attached hydrogen (secondary N) is 1. The first-order valence-corrected chi connectivity index (χ1v) is 5.14. The lowest BCUT2D eigenvalue weighted by molar-refractivity contribution is -0.137. The van der Waals surface area contributed by atoms with E-state index < -0.39 is 5.97 Å². The highest BCUT2D eigenvalue weighted by Crippen LogP contribution is 1.99. The Hall–Kier alpha value is -1.32. The molecule has 0 aromatic heterocycles. The van der Waals surface area contributed by atoms with Crippen LogP contribution in [0.2, 0.25) is 0 Å². The van der Waals surface area contributed by atoms with Crippen LogP contribution < -0.4 is 5.32 Å². The van der Waals surface area contributed by atoms with Crippen molar-refractivity contribution < 1.29 is 14.7 Å². The van der Waals surface area contributed by atoms with Gasteiger partial charge in [0.25, 0.3) is 0 Å². The summed E-state index contributed by atoms with van der Waals surface area (Å²) in [7, 11) is 0. The van der Waals surface area contributed by atoms with Crippen LogP contribution >= 0.6 is 0 Å². The molecule has 15 heavy (non-hydrogen) atoms. The predicted molar refractivity (Wildman–Crippen MR) is 58.5 cm³/mol. The molecule has 0 aromatic rings. The smallest absolute Gasteiger partial charge is 0.303 e. The molecule has 0 saturated carbocycles. The molecule has 0 atom stereocenters. The lowest BCUT2D eigenvalue weighted by Gasteiger charge is -2.01. The third-order valence-electron chi connectivity index (χ3n) is 1.85. The van der Waals surface area contributed by atoms with Crippen molar-refractivity contribution in [3.05, 3.63) is 11.6 Å². The molecular weight excluding hydrogens is 194 g/mol. The lowest BCUT2D eigenvalue weighted by atomic mass is 10.2. The molecule has 4 nitrogen and oxygen atoms in total. The molecule has 0 bridgehead atoms. The highest BCUT2D eigenvalue weighted by Gasteiger charge is 2.01. The average molecular weight is 213 g/mol. The minimum absolute atomic E-state index is 0.0158. The Morgan fingerprint density at radius 3 is 2.33 bits per heavy atom. The van der Waals surface area contributed by atoms with Gasteiger partial charge in [-0.2, -0.15) is 0 Å². The monoisotopic (exact) mass is 213 g/mol. The van der Waals surface area contributed by atoms with Crippen molar-refractivity contribution in [2.45, 2.75) is 39.5 Å². The fourth-order valence-corrected chi connectivity index (χ4v) is 1.02. The van der Waals surface area contributed by atoms with Crippen LogP contribution in [0, 0.1) is 0 Å². The molecule has 0 aromatic carbocycles. The van der Waals surface area contributed by atoms with Crippen molar-refractivity contribution >= 4 is 11.9 Å². The summed E-state index contributed by atoms with van der Waals surface area (Å²) in [6.07, 6.45) is 3.68. The lowest BCUT2D eigenvalue weighted by Crippen LogP contribution is -2.23. The van der Waals surface area contributed by atoms with Gasteiger partial charge in [-0.1, -0.05) is 11.6 Å². The topological polar surface area (TPSA) is 66.4 Å². The molecule has 0 fully saturated rings. The van der Waals surface area contributed by atoms with Crippen molar-refractivity contribution in [1.82, 2.24) is 5.32 Å². The first-order valence-electron chi connectivity index (χ1n) is 5.14. The SMILES string of the molecule is CC(C)=CCNC(=O)CCCCC(=O)O. The third-order valence-corrected chi connectivity index (χ3v) is 1.85. The number of unbranched alkanes of at least 4 members (excludes halogenated alkanes) is 1. The summed E-state index contributed by atoms with van der Waals surface area (Å²) in [5, 5.41) is 11.1. The van der Waals surface area contributed by atoms with Crippen LogP contribution in [-0.2, 0) is 9.59 Å². The number of hydrogen-bond acceptors (Lipinski definition) is 2. The maximum atomic E-state index is 11.2. The van der Waals surface area contributed by atoms with Crippen LogP contribution in [0.15, 0.2) is 11.6 Å². The predicted octanol–water partition coefficient (Wildman–Crippen LogP) is 1.71. The normalized spacial score (nSPS) is 9.47. The fourth-order valence-electron chi connectivity index (χ4n) is 1.02. The summed E-state index contributed by atoms with van der Waals surface area (Å²) in [4.78, 5) is 21.4. The number of amides is 1. The number of carboxylic acids is 1. The van der Waals surface area contributed by atoms with Crippen LogP contribution in [0.25, 0.3) is 0 Å². The van der Waals surface area contributed by atoms with Gasteiger partial charge in [0, 0.05) is 19.4 Å². The number of carboxylic acid groups (broad SMARTS) is 1. The van der Waals surface area contributed by atoms with E-state index in [2.05, 4.69) is 5.32 Å². The largest absolute Gasteiger partial charge is 0.481 e. The Kier molecular flexibility index (Phi) is 7.32. The summed E-state index contributed by atoms with van der Waals surface area (Å²) in [5.74, 6) is -0.821. The van der Waals surface area contributed by atoms with Crippen LogP contribution in [0.5, 0.6) is 0 Å². The van der Waals surface area contributed by atoms with Gasteiger partial charge >= 0.3 is 5.97 Å². The summed E-state index contributed by atoms with van der Waals surface area (Å²) in [6.45, 7) is 4.50. The van der Waals surface area contributed by atoms with Gasteiger partial charge in [-0.3, -0.25) is 9.59 Å². The molecule has 0 aliphatic rings. The fraction of sp³-hybridized carbons (Fsp3) is 0.636. The van der Waals surface area contributed by atoms with Crippen molar-refractivity contribution in [2.75, 3.05) is 6.54 Å². The van der Waals surface area contributed by atoms with Crippen molar-refractivity contribution in [3.8, 4) is 0 Å². The van der Waals surface area contributed by atoms with Gasteiger partial charge < -0.3 is 10.4 Å². The maximum Gasteiger partial charge on any atom is 0.303 e. The zero-order chi connectivity index (χ0) is 11.7. The van der Waals surface area contributed by atoms with Crippen LogP contribution in [0.3, 0.4) is 0 Å². The van der Waals surface area contributed by atoms with Gasteiger partial charge in [-0.15, -0.1) is 0 Å². The molecule has 86 valence electrons. The standard InChI is InChI=1S/C11H19NO3/c1-9(2)7-8-12-10(13)5-3-4-6-11(14)15/h7H,3-6,8H2,1-2H3,(H,12,13)(H,14,15). The van der Waals surface area contributed by atoms with Crippen molar-refractivity contribution in [2.24, 2.45) is 0 Å². The maximum absolute atomic E-state index is 11.2. The summed E-state index contributed by atoms with van der Waals surface area (Å²) < 4.78 is 0. The second-order valence-corrected chi connectivity index (χ2v) is 3.69. The third kappa shape index (κ3) is 10.6. The summed E-state index contributed by atoms with van der Waals surface area (Å²) in [5.41, 5.74) is 1.17. The van der Waals surface area contributed by atoms with Gasteiger partial charge in [0.15, 0.2) is 0 Å². The molecule has 4 heteroatoms. The summed E-state index contributed by atoms with van der Waals surface area (Å²) >= 11 is 0. The van der Waals surface area contributed by atoms with Crippen molar-refractivity contribution in [3.63, 3.8) is 0 Å². The number of carbonyl (C=O) groups excluding carboxylic acids is 1. The second-order valence-electron chi connectivity index (χ2n) is 3.69. The van der Waals surface area contributed by atoms with Gasteiger partial charge in [0.05, 0.1) is 0 Å². The van der Waals surface area contributed by atoms with E-state index in [1.807, 2.05) is 19.9 Å². The van der Waals surface area contributed by atoms with E-state index in [0.29, 0.717) is 25.8 Å². The summed E-state index contributed by atoms with van der Waals surface area (Å²) in [6, 6.07) is 0. The zero-order valence-corrected chi connectivity index (χ0v) is 9.38. The zero-order valence-electron chi connectivity index (χ0n) is 9.38. The van der Waals surface area contributed by atoms with Crippen LogP contribution in [0.1, 0.15) is 39.5 Å². The molecule has 0 saturated heterocycles. The van der Waals surface area contributed by atoms with Gasteiger partial charge in [-0.05, 0) is 26.7 Å². The van der Waals surface area contributed by atoms with Crippen LogP contribution in [-0.4, -0.2) is 23.5 Å². The number of rotatable bonds is 7. The Labute approximate surface area is 90.4 Å². The van der Waals surface area contributed by atoms with Gasteiger partial charge in [0.2, 0.25) is 5.91 Å². The Morgan fingerprint density at radius 2 is 1.80 bits per heavy atom. The Morgan fingerprint density at radius 1 is 1.20 bits per heavy atom. The molecule has 0 radical (unpaired) electrons. The minimum atomic E-state index is -0.806. The molecule has 0 unspecified atom stereocenters. The average Bonchev–Trinajstić information content (AvgIpc) is 2.11. The Bertz CT molecular complexity index is 242. The van der Waals surface area contributed by atoms with E-state index in [4.69, 9.17) is 5.11 Å². The highest BCUT2D eigenvalue weighted by molar-refractivity contribution is 5.76. The number of carbonyl (C=O) groups is 2. The molecular formula is C11H19NO3. The molecule has 0 aliphatic heterocycles. The first kappa shape index (κ1) is 13.7. The van der Waals surface area contributed by atoms with E-state index in [-0.39, 0.29) is 12.3 Å². The van der Waals surface area contributed by atoms with E-state index in [9.17, 15) is 9.59 Å². The molecule has 0 spiro atoms. The second kappa shape index (κ2) is 8.03. The molecule has 0 rings (SSSR count). The Balaban J connectivity index is 3.42. The number of allylic oxidation sites excluding steroid dienone is 1. The first-order chi connectivity index (χ1) is 7.02. The molecule has 1 amide bonds. The molecule has 2 N–H and O–H groups in total. The van der Waals surface area contributed by atoms with E-state index >= 15 is 0 Å². The van der Waals surface area contributed by atoms with Gasteiger partial charge in [0.1, 0.15) is 0 Å². The van der Waals surface area contributed by atoms with Gasteiger partial charge in [-0.25, -0.2) is 0 Å². The minimum Gasteiger partial charge on any atom is -0.481 e. The quantitative estimate of drug-likeness (QED) is 0.500. The number of aliphatic carboxylic acids is 1. The van der Waals surface area contributed by atoms with E-state index in [1.54, 1.807) is 0 Å². The van der Waals surface area contributed by atoms with E-state index in [1.165, 1.54) is 5.57 Å². The van der Waals surface area contributed by atoms with Crippen molar-refractivity contribution in [1.29, 1.82) is 0 Å². The van der Waals surface area contributed by atoms with Crippen LogP contribution in [0.4, 0.5) is 0 Å². The highest BCUT2D eigenvalue weighted by atomic mass is 16.4. The molecule has 0 aliphatic carbocycles. The molecule has 0 heterocycles. The number of hydrogen-bond donors (Lipinski definition) is 2. The van der Waals surface area contributed by atoms with E-state index in [0.717, 1.165) is 0 Å².